The van der Waals surface area contributed by atoms with Gasteiger partial charge in [-0.3, -0.25) is 0 Å². The molecule has 2 aromatic carbocycles. The molecule has 1 heterocycles. The van der Waals surface area contributed by atoms with Crippen LogP contribution in [0.5, 0.6) is 0 Å². The molecule has 1 atom stereocenters. The molecule has 0 aliphatic heterocycles. The molecule has 0 spiro atoms. The highest BCUT2D eigenvalue weighted by molar-refractivity contribution is 9.10. The van der Waals surface area contributed by atoms with Crippen LogP contribution in [0.2, 0.25) is 0 Å². The largest absolute Gasteiger partial charge is 0.382 e. The fraction of sp³-hybridized carbons (Fsp3) is 0.188. The predicted octanol–water partition coefficient (Wildman–Crippen LogP) is 5.10. The molecule has 1 aromatic heterocycles. The highest BCUT2D eigenvalue weighted by atomic mass is 79.9. The van der Waals surface area contributed by atoms with Crippen molar-refractivity contribution in [2.75, 3.05) is 5.32 Å². The zero-order valence-corrected chi connectivity index (χ0v) is 13.5. The Morgan fingerprint density at radius 1 is 1.20 bits per heavy atom. The maximum Gasteiger partial charge on any atom is 0.0813 e. The van der Waals surface area contributed by atoms with E-state index in [9.17, 15) is 0 Å². The average Bonchev–Trinajstić information content (AvgIpc) is 2.89. The predicted molar refractivity (Wildman–Crippen MR) is 90.6 cm³/mol. The van der Waals surface area contributed by atoms with Crippen molar-refractivity contribution in [1.82, 2.24) is 4.98 Å². The molecule has 0 radical (unpaired) electrons. The highest BCUT2D eigenvalue weighted by Crippen LogP contribution is 2.22. The molecule has 102 valence electrons. The third-order valence-electron chi connectivity index (χ3n) is 3.20. The van der Waals surface area contributed by atoms with Crippen LogP contribution in [0.4, 0.5) is 5.69 Å². The van der Waals surface area contributed by atoms with Crippen LogP contribution >= 0.6 is 27.3 Å². The number of thiazole rings is 1. The van der Waals surface area contributed by atoms with Gasteiger partial charge in [0.1, 0.15) is 0 Å². The summed E-state index contributed by atoms with van der Waals surface area (Å²) in [6, 6.07) is 15.2. The van der Waals surface area contributed by atoms with Crippen LogP contribution in [-0.4, -0.2) is 11.0 Å². The first-order chi connectivity index (χ1) is 9.70. The molecule has 20 heavy (non-hydrogen) atoms. The number of nitrogens with one attached hydrogen (secondary N) is 1. The van der Waals surface area contributed by atoms with Gasteiger partial charge in [0.15, 0.2) is 0 Å². The van der Waals surface area contributed by atoms with Crippen LogP contribution in [0.3, 0.4) is 0 Å². The zero-order chi connectivity index (χ0) is 13.9. The van der Waals surface area contributed by atoms with E-state index in [0.29, 0.717) is 6.04 Å². The highest BCUT2D eigenvalue weighted by Gasteiger charge is 2.05. The molecule has 3 aromatic rings. The minimum Gasteiger partial charge on any atom is -0.382 e. The van der Waals surface area contributed by atoms with Gasteiger partial charge in [-0.05, 0) is 49.2 Å². The third-order valence-corrected chi connectivity index (χ3v) is 4.52. The standard InChI is InChI=1S/C16H15BrN2S/c1-11(8-12-2-4-13(17)5-3-12)19-14-6-7-15-16(9-14)20-10-18-15/h2-7,9-11,19H,8H2,1H3. The number of halogens is 1. The molecule has 0 saturated carbocycles. The van der Waals surface area contributed by atoms with E-state index in [2.05, 4.69) is 75.6 Å². The molecule has 2 nitrogen and oxygen atoms in total. The Kier molecular flexibility index (Phi) is 4.03. The fourth-order valence-electron chi connectivity index (χ4n) is 2.25. The molecule has 0 aliphatic carbocycles. The quantitative estimate of drug-likeness (QED) is 0.710. The number of nitrogens with zero attached hydrogens (tertiary/aromatic N) is 1. The smallest absolute Gasteiger partial charge is 0.0813 e. The van der Waals surface area contributed by atoms with Gasteiger partial charge in [0.05, 0.1) is 15.7 Å². The van der Waals surface area contributed by atoms with Gasteiger partial charge in [-0.25, -0.2) is 4.98 Å². The van der Waals surface area contributed by atoms with Crippen molar-refractivity contribution in [3.05, 3.63) is 58.0 Å². The van der Waals surface area contributed by atoms with Crippen molar-refractivity contribution in [2.24, 2.45) is 0 Å². The molecule has 0 fully saturated rings. The Morgan fingerprint density at radius 2 is 2.00 bits per heavy atom. The average molecular weight is 347 g/mol. The van der Waals surface area contributed by atoms with E-state index in [0.717, 1.165) is 22.1 Å². The Hall–Kier alpha value is -1.39. The Bertz CT molecular complexity index is 706. The molecule has 0 aliphatic rings. The van der Waals surface area contributed by atoms with E-state index in [1.54, 1.807) is 11.3 Å². The van der Waals surface area contributed by atoms with E-state index in [1.807, 2.05) is 5.51 Å². The van der Waals surface area contributed by atoms with Crippen LogP contribution in [0.1, 0.15) is 12.5 Å². The molecular formula is C16H15BrN2S. The lowest BCUT2D eigenvalue weighted by Crippen LogP contribution is -2.17. The van der Waals surface area contributed by atoms with E-state index >= 15 is 0 Å². The molecule has 1 N–H and O–H groups in total. The monoisotopic (exact) mass is 346 g/mol. The fourth-order valence-corrected chi connectivity index (χ4v) is 3.24. The first kappa shape index (κ1) is 13.6. The molecule has 3 rings (SSSR count). The minimum absolute atomic E-state index is 0.390. The number of anilines is 1. The number of aromatic nitrogens is 1. The number of benzene rings is 2. The van der Waals surface area contributed by atoms with Crippen molar-refractivity contribution in [1.29, 1.82) is 0 Å². The van der Waals surface area contributed by atoms with Gasteiger partial charge >= 0.3 is 0 Å². The number of hydrogen-bond donors (Lipinski definition) is 1. The summed E-state index contributed by atoms with van der Waals surface area (Å²) >= 11 is 5.14. The van der Waals surface area contributed by atoms with Crippen molar-refractivity contribution in [3.8, 4) is 0 Å². The lowest BCUT2D eigenvalue weighted by Gasteiger charge is -2.15. The van der Waals surface area contributed by atoms with Crippen molar-refractivity contribution >= 4 is 43.2 Å². The van der Waals surface area contributed by atoms with E-state index in [1.165, 1.54) is 10.3 Å². The second-order valence-corrected chi connectivity index (χ2v) is 6.71. The van der Waals surface area contributed by atoms with Gasteiger partial charge in [0.25, 0.3) is 0 Å². The van der Waals surface area contributed by atoms with Crippen LogP contribution in [-0.2, 0) is 6.42 Å². The maximum absolute atomic E-state index is 4.30. The summed E-state index contributed by atoms with van der Waals surface area (Å²) in [7, 11) is 0. The van der Waals surface area contributed by atoms with Gasteiger partial charge in [-0.15, -0.1) is 11.3 Å². The summed E-state index contributed by atoms with van der Waals surface area (Å²) in [5.74, 6) is 0. The lowest BCUT2D eigenvalue weighted by atomic mass is 10.1. The topological polar surface area (TPSA) is 24.9 Å². The second kappa shape index (κ2) is 5.94. The van der Waals surface area contributed by atoms with Gasteiger partial charge in [0.2, 0.25) is 0 Å². The Labute approximate surface area is 131 Å². The van der Waals surface area contributed by atoms with Gasteiger partial charge in [-0.2, -0.15) is 0 Å². The summed E-state index contributed by atoms with van der Waals surface area (Å²) in [5.41, 5.74) is 5.46. The Balaban J connectivity index is 1.68. The molecule has 1 unspecified atom stereocenters. The summed E-state index contributed by atoms with van der Waals surface area (Å²) in [5, 5.41) is 3.55. The lowest BCUT2D eigenvalue weighted by molar-refractivity contribution is 0.790. The molecule has 0 bridgehead atoms. The van der Waals surface area contributed by atoms with E-state index in [4.69, 9.17) is 0 Å². The van der Waals surface area contributed by atoms with Crippen LogP contribution in [0.15, 0.2) is 52.4 Å². The number of rotatable bonds is 4. The maximum atomic E-state index is 4.30. The van der Waals surface area contributed by atoms with Crippen LogP contribution in [0.25, 0.3) is 10.2 Å². The van der Waals surface area contributed by atoms with E-state index < -0.39 is 0 Å². The molecule has 0 amide bonds. The third kappa shape index (κ3) is 3.19. The summed E-state index contributed by atoms with van der Waals surface area (Å²) in [6.07, 6.45) is 1.01. The first-order valence-electron chi connectivity index (χ1n) is 6.55. The van der Waals surface area contributed by atoms with Gasteiger partial charge in [-0.1, -0.05) is 28.1 Å². The van der Waals surface area contributed by atoms with E-state index in [-0.39, 0.29) is 0 Å². The minimum atomic E-state index is 0.390. The molecular weight excluding hydrogens is 332 g/mol. The summed E-state index contributed by atoms with van der Waals surface area (Å²) in [6.45, 7) is 2.21. The molecule has 4 heteroatoms. The second-order valence-electron chi connectivity index (χ2n) is 4.91. The SMILES string of the molecule is CC(Cc1ccc(Br)cc1)Nc1ccc2ncsc2c1. The van der Waals surface area contributed by atoms with Crippen molar-refractivity contribution in [2.45, 2.75) is 19.4 Å². The number of hydrogen-bond acceptors (Lipinski definition) is 3. The van der Waals surface area contributed by atoms with Crippen LogP contribution in [0, 0.1) is 0 Å². The van der Waals surface area contributed by atoms with Crippen LogP contribution < -0.4 is 5.32 Å². The zero-order valence-electron chi connectivity index (χ0n) is 11.1. The summed E-state index contributed by atoms with van der Waals surface area (Å²) in [4.78, 5) is 4.30. The van der Waals surface area contributed by atoms with Crippen molar-refractivity contribution < 1.29 is 0 Å². The normalized spacial score (nSPS) is 12.5. The summed E-state index contributed by atoms with van der Waals surface area (Å²) < 4.78 is 2.35. The molecule has 0 saturated heterocycles. The first-order valence-corrected chi connectivity index (χ1v) is 8.22. The Morgan fingerprint density at radius 3 is 2.80 bits per heavy atom. The number of fused-ring (bicyclic) bond motifs is 1. The van der Waals surface area contributed by atoms with Crippen molar-refractivity contribution in [3.63, 3.8) is 0 Å². The van der Waals surface area contributed by atoms with Gasteiger partial charge < -0.3 is 5.32 Å². The van der Waals surface area contributed by atoms with Gasteiger partial charge in [0, 0.05) is 16.2 Å².